The van der Waals surface area contributed by atoms with Crippen LogP contribution in [-0.4, -0.2) is 42.4 Å². The number of amides is 2. The number of carbonyl (C=O) groups is 2. The van der Waals surface area contributed by atoms with Crippen LogP contribution in [0.15, 0.2) is 42.7 Å². The third-order valence-corrected chi connectivity index (χ3v) is 3.92. The molecule has 3 rings (SSSR count). The summed E-state index contributed by atoms with van der Waals surface area (Å²) in [5.41, 5.74) is 1.89. The molecule has 0 radical (unpaired) electrons. The number of hydrogen-bond donors (Lipinski definition) is 2. The molecular formula is C19H20N4O5. The van der Waals surface area contributed by atoms with Crippen LogP contribution >= 0.6 is 0 Å². The van der Waals surface area contributed by atoms with Gasteiger partial charge in [-0.05, 0) is 31.2 Å². The highest BCUT2D eigenvalue weighted by atomic mass is 16.5. The number of nitrogens with zero attached hydrogens (tertiary/aromatic N) is 2. The molecule has 0 aliphatic rings. The number of nitrogens with one attached hydrogen (secondary N) is 2. The predicted molar refractivity (Wildman–Crippen MR) is 103 cm³/mol. The lowest BCUT2D eigenvalue weighted by Gasteiger charge is -2.11. The maximum Gasteiger partial charge on any atom is 0.341 e. The number of aromatic nitrogens is 2. The van der Waals surface area contributed by atoms with Gasteiger partial charge in [-0.3, -0.25) is 0 Å². The summed E-state index contributed by atoms with van der Waals surface area (Å²) in [5, 5.41) is 9.54. The zero-order valence-corrected chi connectivity index (χ0v) is 15.7. The third kappa shape index (κ3) is 3.98. The number of anilines is 2. The fourth-order valence-corrected chi connectivity index (χ4v) is 2.63. The number of urea groups is 1. The quantitative estimate of drug-likeness (QED) is 0.633. The summed E-state index contributed by atoms with van der Waals surface area (Å²) in [7, 11) is 3.05. The molecule has 9 nitrogen and oxygen atoms in total. The lowest BCUT2D eigenvalue weighted by Crippen LogP contribution is -2.19. The van der Waals surface area contributed by atoms with Crippen molar-refractivity contribution < 1.29 is 23.8 Å². The molecule has 3 aromatic rings. The van der Waals surface area contributed by atoms with Crippen molar-refractivity contribution in [2.75, 3.05) is 31.5 Å². The van der Waals surface area contributed by atoms with Gasteiger partial charge in [0.15, 0.2) is 11.5 Å². The molecule has 2 aromatic heterocycles. The van der Waals surface area contributed by atoms with Crippen LogP contribution in [0, 0.1) is 0 Å². The molecule has 2 N–H and O–H groups in total. The average molecular weight is 384 g/mol. The third-order valence-electron chi connectivity index (χ3n) is 3.92. The monoisotopic (exact) mass is 384 g/mol. The van der Waals surface area contributed by atoms with E-state index in [1.54, 1.807) is 43.5 Å². The van der Waals surface area contributed by atoms with E-state index >= 15 is 0 Å². The molecule has 0 unspecified atom stereocenters. The normalized spacial score (nSPS) is 10.4. The van der Waals surface area contributed by atoms with Gasteiger partial charge in [0, 0.05) is 23.6 Å². The van der Waals surface area contributed by atoms with E-state index in [1.807, 2.05) is 0 Å². The lowest BCUT2D eigenvalue weighted by molar-refractivity contribution is 0.0528. The van der Waals surface area contributed by atoms with E-state index in [9.17, 15) is 9.59 Å². The van der Waals surface area contributed by atoms with Crippen molar-refractivity contribution in [3.63, 3.8) is 0 Å². The molecule has 0 spiro atoms. The van der Waals surface area contributed by atoms with Crippen LogP contribution in [0.1, 0.15) is 17.3 Å². The summed E-state index contributed by atoms with van der Waals surface area (Å²) < 4.78 is 16.9. The molecule has 0 saturated carbocycles. The fraction of sp³-hybridized carbons (Fsp3) is 0.211. The Morgan fingerprint density at radius 2 is 1.75 bits per heavy atom. The Morgan fingerprint density at radius 3 is 2.43 bits per heavy atom. The summed E-state index contributed by atoms with van der Waals surface area (Å²) in [5.74, 6) is 0.593. The molecule has 0 bridgehead atoms. The molecule has 0 saturated heterocycles. The smallest absolute Gasteiger partial charge is 0.341 e. The molecule has 2 amide bonds. The largest absolute Gasteiger partial charge is 0.493 e. The van der Waals surface area contributed by atoms with Gasteiger partial charge in [-0.1, -0.05) is 0 Å². The van der Waals surface area contributed by atoms with E-state index in [0.717, 1.165) is 0 Å². The Hall–Kier alpha value is -3.75. The number of ether oxygens (including phenoxy) is 3. The first-order valence-corrected chi connectivity index (χ1v) is 8.50. The summed E-state index contributed by atoms with van der Waals surface area (Å²) in [6.45, 7) is 2.00. The van der Waals surface area contributed by atoms with Crippen LogP contribution in [0.5, 0.6) is 11.5 Å². The predicted octanol–water partition coefficient (Wildman–Crippen LogP) is 3.17. The molecule has 0 aliphatic heterocycles. The highest BCUT2D eigenvalue weighted by Gasteiger charge is 2.15. The molecule has 2 heterocycles. The minimum Gasteiger partial charge on any atom is -0.493 e. The minimum absolute atomic E-state index is 0.266. The first kappa shape index (κ1) is 19.0. The van der Waals surface area contributed by atoms with Gasteiger partial charge >= 0.3 is 12.0 Å². The van der Waals surface area contributed by atoms with Crippen molar-refractivity contribution in [2.45, 2.75) is 6.92 Å². The fourth-order valence-electron chi connectivity index (χ4n) is 2.63. The van der Waals surface area contributed by atoms with Gasteiger partial charge in [-0.15, -0.1) is 0 Å². The second-order valence-electron chi connectivity index (χ2n) is 5.67. The zero-order valence-electron chi connectivity index (χ0n) is 15.7. The summed E-state index contributed by atoms with van der Waals surface area (Å²) in [4.78, 5) is 24.3. The maximum atomic E-state index is 12.3. The van der Waals surface area contributed by atoms with E-state index in [-0.39, 0.29) is 6.61 Å². The van der Waals surface area contributed by atoms with Gasteiger partial charge < -0.3 is 24.8 Å². The Morgan fingerprint density at radius 1 is 1.04 bits per heavy atom. The Balaban J connectivity index is 1.76. The van der Waals surface area contributed by atoms with Crippen LogP contribution in [0.4, 0.5) is 16.2 Å². The first-order valence-electron chi connectivity index (χ1n) is 8.50. The van der Waals surface area contributed by atoms with E-state index in [1.165, 1.54) is 24.9 Å². The van der Waals surface area contributed by atoms with E-state index in [2.05, 4.69) is 15.7 Å². The highest BCUT2D eigenvalue weighted by Crippen LogP contribution is 2.29. The Bertz CT molecular complexity index is 1010. The van der Waals surface area contributed by atoms with Crippen LogP contribution < -0.4 is 20.1 Å². The summed E-state index contributed by atoms with van der Waals surface area (Å²) in [6.07, 6.45) is 3.07. The molecular weight excluding hydrogens is 364 g/mol. The van der Waals surface area contributed by atoms with Crippen molar-refractivity contribution in [3.05, 3.63) is 48.3 Å². The van der Waals surface area contributed by atoms with Crippen LogP contribution in [0.2, 0.25) is 0 Å². The minimum atomic E-state index is -0.468. The average Bonchev–Trinajstić information content (AvgIpc) is 3.11. The topological polar surface area (TPSA) is 103 Å². The van der Waals surface area contributed by atoms with Crippen LogP contribution in [0.25, 0.3) is 5.52 Å². The van der Waals surface area contributed by atoms with Gasteiger partial charge in [0.2, 0.25) is 0 Å². The lowest BCUT2D eigenvalue weighted by atomic mass is 10.2. The first-order chi connectivity index (χ1) is 13.5. The number of esters is 1. The maximum absolute atomic E-state index is 12.3. The number of rotatable bonds is 6. The van der Waals surface area contributed by atoms with E-state index in [4.69, 9.17) is 14.2 Å². The van der Waals surface area contributed by atoms with Crippen molar-refractivity contribution in [3.8, 4) is 11.5 Å². The number of carbonyl (C=O) groups excluding carboxylic acids is 2. The molecule has 0 atom stereocenters. The molecule has 1 aromatic carbocycles. The van der Waals surface area contributed by atoms with Crippen molar-refractivity contribution >= 4 is 28.9 Å². The Labute approximate surface area is 161 Å². The van der Waals surface area contributed by atoms with Crippen LogP contribution in [-0.2, 0) is 4.74 Å². The van der Waals surface area contributed by atoms with Gasteiger partial charge in [0.05, 0.1) is 32.5 Å². The molecule has 0 aliphatic carbocycles. The van der Waals surface area contributed by atoms with E-state index in [0.29, 0.717) is 34.0 Å². The second kappa shape index (κ2) is 8.30. The molecule has 9 heteroatoms. The Kier molecular flexibility index (Phi) is 5.64. The number of hydrogen-bond acceptors (Lipinski definition) is 6. The molecule has 0 fully saturated rings. The second-order valence-corrected chi connectivity index (χ2v) is 5.67. The van der Waals surface area contributed by atoms with Crippen molar-refractivity contribution in [1.29, 1.82) is 0 Å². The van der Waals surface area contributed by atoms with Crippen molar-refractivity contribution in [1.82, 2.24) is 9.61 Å². The number of methoxy groups -OCH3 is 2. The van der Waals surface area contributed by atoms with Gasteiger partial charge in [0.1, 0.15) is 5.56 Å². The molecule has 146 valence electrons. The van der Waals surface area contributed by atoms with Gasteiger partial charge in [-0.2, -0.15) is 5.10 Å². The van der Waals surface area contributed by atoms with Crippen molar-refractivity contribution in [2.24, 2.45) is 0 Å². The standard InChI is InChI=1S/C19H20N4O5/c1-4-28-18(24)14-11-20-23-8-7-13(9-15(14)23)22-19(25)21-12-5-6-16(26-2)17(10-12)27-3/h5-11H,4H2,1-3H3,(H2,21,22,25). The summed E-state index contributed by atoms with van der Waals surface area (Å²) in [6, 6.07) is 7.90. The van der Waals surface area contributed by atoms with Gasteiger partial charge in [-0.25, -0.2) is 14.1 Å². The number of pyridine rings is 1. The zero-order chi connectivity index (χ0) is 20.1. The van der Waals surface area contributed by atoms with E-state index < -0.39 is 12.0 Å². The SMILES string of the molecule is CCOC(=O)c1cnn2ccc(NC(=O)Nc3ccc(OC)c(OC)c3)cc12. The molecule has 28 heavy (non-hydrogen) atoms. The highest BCUT2D eigenvalue weighted by molar-refractivity contribution is 6.01. The summed E-state index contributed by atoms with van der Waals surface area (Å²) >= 11 is 0. The van der Waals surface area contributed by atoms with Crippen LogP contribution in [0.3, 0.4) is 0 Å². The number of benzene rings is 1. The van der Waals surface area contributed by atoms with Gasteiger partial charge in [0.25, 0.3) is 0 Å². The number of fused-ring (bicyclic) bond motifs is 1.